The van der Waals surface area contributed by atoms with Crippen molar-refractivity contribution in [2.75, 3.05) is 13.1 Å². The average molecular weight is 319 g/mol. The molecule has 124 valence electrons. The summed E-state index contributed by atoms with van der Waals surface area (Å²) in [4.78, 5) is 24.1. The number of carbonyl (C=O) groups is 2. The van der Waals surface area contributed by atoms with Crippen LogP contribution in [0.15, 0.2) is 24.3 Å². The van der Waals surface area contributed by atoms with E-state index in [2.05, 4.69) is 10.6 Å². The molecule has 4 N–H and O–H groups in total. The molecule has 23 heavy (non-hydrogen) atoms. The highest BCUT2D eigenvalue weighted by molar-refractivity contribution is 5.94. The molecule has 4 unspecified atom stereocenters. The van der Waals surface area contributed by atoms with Gasteiger partial charge in [-0.25, -0.2) is 4.39 Å². The molecule has 5 nitrogen and oxygen atoms in total. The van der Waals surface area contributed by atoms with Crippen molar-refractivity contribution in [1.82, 2.24) is 10.6 Å². The van der Waals surface area contributed by atoms with Gasteiger partial charge in [0.1, 0.15) is 5.82 Å². The number of hydrogen-bond donors (Lipinski definition) is 3. The first-order valence-corrected chi connectivity index (χ1v) is 8.13. The second-order valence-corrected chi connectivity index (χ2v) is 6.49. The second-order valence-electron chi connectivity index (χ2n) is 6.49. The van der Waals surface area contributed by atoms with Gasteiger partial charge < -0.3 is 16.4 Å². The fourth-order valence-electron chi connectivity index (χ4n) is 3.91. The number of fused-ring (bicyclic) bond motifs is 2. The first kappa shape index (κ1) is 15.9. The summed E-state index contributed by atoms with van der Waals surface area (Å²) >= 11 is 0. The molecule has 0 saturated heterocycles. The molecule has 6 heteroatoms. The number of hydrogen-bond acceptors (Lipinski definition) is 3. The molecule has 2 saturated carbocycles. The van der Waals surface area contributed by atoms with Crippen LogP contribution in [0.25, 0.3) is 0 Å². The molecule has 1 aromatic rings. The summed E-state index contributed by atoms with van der Waals surface area (Å²) < 4.78 is 12.8. The molecule has 2 amide bonds. The maximum Gasteiger partial charge on any atom is 0.251 e. The van der Waals surface area contributed by atoms with Crippen LogP contribution >= 0.6 is 0 Å². The summed E-state index contributed by atoms with van der Waals surface area (Å²) in [7, 11) is 0. The van der Waals surface area contributed by atoms with Crippen LogP contribution in [-0.4, -0.2) is 30.9 Å². The first-order chi connectivity index (χ1) is 11.1. The third-order valence-corrected chi connectivity index (χ3v) is 5.10. The number of amides is 2. The minimum Gasteiger partial charge on any atom is -0.354 e. The lowest BCUT2D eigenvalue weighted by molar-refractivity contribution is -0.127. The third-order valence-electron chi connectivity index (χ3n) is 5.10. The van der Waals surface area contributed by atoms with Gasteiger partial charge in [-0.1, -0.05) is 0 Å². The molecule has 0 heterocycles. The van der Waals surface area contributed by atoms with Crippen molar-refractivity contribution < 1.29 is 14.0 Å². The van der Waals surface area contributed by atoms with Gasteiger partial charge in [-0.05, 0) is 55.4 Å². The summed E-state index contributed by atoms with van der Waals surface area (Å²) in [6, 6.07) is 5.32. The highest BCUT2D eigenvalue weighted by Crippen LogP contribution is 2.47. The maximum atomic E-state index is 12.8. The van der Waals surface area contributed by atoms with Crippen molar-refractivity contribution in [2.45, 2.75) is 25.3 Å². The van der Waals surface area contributed by atoms with Crippen molar-refractivity contribution in [3.63, 3.8) is 0 Å². The molecule has 0 spiro atoms. The van der Waals surface area contributed by atoms with Crippen LogP contribution in [0, 0.1) is 23.6 Å². The number of benzene rings is 1. The Morgan fingerprint density at radius 1 is 1.09 bits per heavy atom. The molecule has 0 aliphatic heterocycles. The zero-order valence-electron chi connectivity index (χ0n) is 12.9. The van der Waals surface area contributed by atoms with Crippen molar-refractivity contribution in [3.8, 4) is 0 Å². The number of halogens is 1. The van der Waals surface area contributed by atoms with Crippen LogP contribution in [0.1, 0.15) is 29.6 Å². The van der Waals surface area contributed by atoms with E-state index in [9.17, 15) is 14.0 Å². The van der Waals surface area contributed by atoms with Crippen molar-refractivity contribution in [2.24, 2.45) is 23.5 Å². The SMILES string of the molecule is NC1C2CCC(C2)C1C(=O)NCCNC(=O)c1ccc(F)cc1. The Kier molecular flexibility index (Phi) is 4.61. The largest absolute Gasteiger partial charge is 0.354 e. The Bertz CT molecular complexity index is 588. The van der Waals surface area contributed by atoms with E-state index in [-0.39, 0.29) is 29.6 Å². The van der Waals surface area contributed by atoms with Gasteiger partial charge in [0.15, 0.2) is 0 Å². The Balaban J connectivity index is 1.40. The zero-order chi connectivity index (χ0) is 16.4. The van der Waals surface area contributed by atoms with E-state index in [0.29, 0.717) is 30.5 Å². The summed E-state index contributed by atoms with van der Waals surface area (Å²) in [6.07, 6.45) is 3.31. The van der Waals surface area contributed by atoms with Crippen LogP contribution in [0.4, 0.5) is 4.39 Å². The average Bonchev–Trinajstić information content (AvgIpc) is 3.12. The summed E-state index contributed by atoms with van der Waals surface area (Å²) in [5.41, 5.74) is 6.54. The smallest absolute Gasteiger partial charge is 0.251 e. The molecule has 3 rings (SSSR count). The Labute approximate surface area is 134 Å². The number of nitrogens with two attached hydrogens (primary N) is 1. The summed E-state index contributed by atoms with van der Waals surface area (Å²) in [5.74, 6) is 0.173. The van der Waals surface area contributed by atoms with Crippen molar-refractivity contribution >= 4 is 11.8 Å². The lowest BCUT2D eigenvalue weighted by atomic mass is 9.84. The fraction of sp³-hybridized carbons (Fsp3) is 0.529. The molecule has 0 radical (unpaired) electrons. The van der Waals surface area contributed by atoms with Gasteiger partial charge in [0.05, 0.1) is 5.92 Å². The standard InChI is InChI=1S/C17H22FN3O2/c18-13-5-3-10(4-6-13)16(22)20-7-8-21-17(23)14-11-1-2-12(9-11)15(14)19/h3-6,11-12,14-15H,1-2,7-9,19H2,(H,20,22)(H,21,23). The minimum atomic E-state index is -0.379. The quantitative estimate of drug-likeness (QED) is 0.709. The molecule has 2 bridgehead atoms. The molecule has 4 atom stereocenters. The van der Waals surface area contributed by atoms with Gasteiger partial charge in [-0.2, -0.15) is 0 Å². The Hall–Kier alpha value is -1.95. The molecular weight excluding hydrogens is 297 g/mol. The highest BCUT2D eigenvalue weighted by atomic mass is 19.1. The van der Waals surface area contributed by atoms with Gasteiger partial charge >= 0.3 is 0 Å². The second kappa shape index (κ2) is 6.66. The third kappa shape index (κ3) is 3.37. The van der Waals surface area contributed by atoms with Crippen molar-refractivity contribution in [1.29, 1.82) is 0 Å². The fourth-order valence-corrected chi connectivity index (χ4v) is 3.91. The molecule has 2 fully saturated rings. The molecule has 0 aromatic heterocycles. The summed E-state index contributed by atoms with van der Waals surface area (Å²) in [5, 5.41) is 5.56. The number of carbonyl (C=O) groups excluding carboxylic acids is 2. The molecular formula is C17H22FN3O2. The summed E-state index contributed by atoms with van der Waals surface area (Å²) in [6.45, 7) is 0.699. The Morgan fingerprint density at radius 2 is 1.74 bits per heavy atom. The van der Waals surface area contributed by atoms with Crippen molar-refractivity contribution in [3.05, 3.63) is 35.6 Å². The van der Waals surface area contributed by atoms with Gasteiger partial charge in [-0.15, -0.1) is 0 Å². The van der Waals surface area contributed by atoms with Gasteiger partial charge in [0.2, 0.25) is 5.91 Å². The number of nitrogens with one attached hydrogen (secondary N) is 2. The van der Waals surface area contributed by atoms with E-state index >= 15 is 0 Å². The lowest BCUT2D eigenvalue weighted by Gasteiger charge is -2.27. The van der Waals surface area contributed by atoms with E-state index in [4.69, 9.17) is 5.73 Å². The van der Waals surface area contributed by atoms with Crippen LogP contribution < -0.4 is 16.4 Å². The molecule has 2 aliphatic carbocycles. The minimum absolute atomic E-state index is 0.000677. The Morgan fingerprint density at radius 3 is 2.39 bits per heavy atom. The number of rotatable bonds is 5. The van der Waals surface area contributed by atoms with E-state index < -0.39 is 0 Å². The van der Waals surface area contributed by atoms with Crippen LogP contribution in [0.2, 0.25) is 0 Å². The van der Waals surface area contributed by atoms with Gasteiger partial charge in [-0.3, -0.25) is 9.59 Å². The van der Waals surface area contributed by atoms with Crippen LogP contribution in [0.5, 0.6) is 0 Å². The predicted octanol–water partition coefficient (Wildman–Crippen LogP) is 1.05. The lowest BCUT2D eigenvalue weighted by Crippen LogP contribution is -2.46. The maximum absolute atomic E-state index is 12.8. The topological polar surface area (TPSA) is 84.2 Å². The van der Waals surface area contributed by atoms with E-state index in [1.165, 1.54) is 24.3 Å². The normalized spacial score (nSPS) is 28.6. The van der Waals surface area contributed by atoms with E-state index in [1.807, 2.05) is 0 Å². The van der Waals surface area contributed by atoms with E-state index in [0.717, 1.165) is 19.3 Å². The van der Waals surface area contributed by atoms with Crippen LogP contribution in [0.3, 0.4) is 0 Å². The van der Waals surface area contributed by atoms with Crippen LogP contribution in [-0.2, 0) is 4.79 Å². The van der Waals surface area contributed by atoms with Gasteiger partial charge in [0.25, 0.3) is 5.91 Å². The monoisotopic (exact) mass is 319 g/mol. The van der Waals surface area contributed by atoms with Gasteiger partial charge in [0, 0.05) is 24.7 Å². The molecule has 2 aliphatic rings. The predicted molar refractivity (Wildman–Crippen MR) is 84.0 cm³/mol. The highest BCUT2D eigenvalue weighted by Gasteiger charge is 2.48. The first-order valence-electron chi connectivity index (χ1n) is 8.13. The van der Waals surface area contributed by atoms with E-state index in [1.54, 1.807) is 0 Å². The zero-order valence-corrected chi connectivity index (χ0v) is 12.9. The molecule has 1 aromatic carbocycles.